The van der Waals surface area contributed by atoms with Crippen LogP contribution in [0.2, 0.25) is 0 Å². The molecule has 3 nitrogen and oxygen atoms in total. The molecule has 0 atom stereocenters. The van der Waals surface area contributed by atoms with E-state index in [4.69, 9.17) is 0 Å². The summed E-state index contributed by atoms with van der Waals surface area (Å²) in [6, 6.07) is 4.06. The molecule has 0 radical (unpaired) electrons. The quantitative estimate of drug-likeness (QED) is 0.583. The predicted octanol–water partition coefficient (Wildman–Crippen LogP) is 1.20. The summed E-state index contributed by atoms with van der Waals surface area (Å²) < 4.78 is 0. The highest BCUT2D eigenvalue weighted by Gasteiger charge is 2.10. The van der Waals surface area contributed by atoms with E-state index in [2.05, 4.69) is 27.6 Å². The topological polar surface area (TPSA) is 37.1 Å². The van der Waals surface area contributed by atoms with Crippen LogP contribution in [0.4, 0.5) is 5.69 Å². The molecule has 0 saturated carbocycles. The summed E-state index contributed by atoms with van der Waals surface area (Å²) in [5, 5.41) is 13.7. The summed E-state index contributed by atoms with van der Waals surface area (Å²) in [5.74, 6) is 1.04. The lowest BCUT2D eigenvalue weighted by Gasteiger charge is -1.91. The van der Waals surface area contributed by atoms with Crippen LogP contribution < -0.4 is 10.6 Å². The van der Waals surface area contributed by atoms with Crippen LogP contribution in [0.1, 0.15) is 0 Å². The Labute approximate surface area is 72.9 Å². The van der Waals surface area contributed by atoms with Gasteiger partial charge >= 0.3 is 0 Å². The van der Waals surface area contributed by atoms with Gasteiger partial charge in [0.15, 0.2) is 0 Å². The number of thioether (sulfide) groups is 1. The van der Waals surface area contributed by atoms with Gasteiger partial charge in [-0.1, -0.05) is 6.08 Å². The molecular formula is C8H5N3S. The molecule has 2 heterocycles. The first-order valence-electron chi connectivity index (χ1n) is 3.70. The number of nitrogens with zero attached hydrogens (tertiary/aromatic N) is 3. The highest BCUT2D eigenvalue weighted by Crippen LogP contribution is 2.20. The minimum absolute atomic E-state index is 0.896. The Morgan fingerprint density at radius 3 is 3.33 bits per heavy atom. The van der Waals surface area contributed by atoms with E-state index in [0.29, 0.717) is 0 Å². The van der Waals surface area contributed by atoms with Crippen molar-refractivity contribution in [1.82, 2.24) is 0 Å². The van der Waals surface area contributed by atoms with Gasteiger partial charge in [0, 0.05) is 15.9 Å². The van der Waals surface area contributed by atoms with Crippen molar-refractivity contribution in [3.8, 4) is 0 Å². The molecule has 0 aromatic heterocycles. The number of fused-ring (bicyclic) bond motifs is 3. The molecule has 0 bridgehead atoms. The third-order valence-corrected chi connectivity index (χ3v) is 2.98. The molecule has 0 N–H and O–H groups in total. The van der Waals surface area contributed by atoms with E-state index < -0.39 is 0 Å². The van der Waals surface area contributed by atoms with Gasteiger partial charge in [-0.15, -0.1) is 22.0 Å². The smallest absolute Gasteiger partial charge is 0.123 e. The molecule has 2 aliphatic heterocycles. The van der Waals surface area contributed by atoms with Crippen LogP contribution >= 0.6 is 11.8 Å². The summed E-state index contributed by atoms with van der Waals surface area (Å²) in [4.78, 5) is 1.30. The van der Waals surface area contributed by atoms with Crippen molar-refractivity contribution in [2.24, 2.45) is 15.4 Å². The highest BCUT2D eigenvalue weighted by atomic mass is 32.2. The molecule has 0 aliphatic carbocycles. The first kappa shape index (κ1) is 6.37. The molecule has 12 heavy (non-hydrogen) atoms. The fraction of sp³-hybridized carbons (Fsp3) is 0.125. The minimum atomic E-state index is 0.896. The maximum atomic E-state index is 3.98. The van der Waals surface area contributed by atoms with E-state index in [1.54, 1.807) is 0 Å². The standard InChI is InChI=1S/C8H5N3S/c1-2-7-5(3-4-12-7)8-6(1)9-11-10-8/h1-3H,4H2. The SMILES string of the molecule is C1=c2c(ccc3c2=NN=N3)SC1. The molecule has 4 heteroatoms. The van der Waals surface area contributed by atoms with E-state index >= 15 is 0 Å². The highest BCUT2D eigenvalue weighted by molar-refractivity contribution is 7.99. The van der Waals surface area contributed by atoms with Crippen LogP contribution in [0.3, 0.4) is 0 Å². The van der Waals surface area contributed by atoms with Crippen molar-refractivity contribution in [1.29, 1.82) is 0 Å². The maximum Gasteiger partial charge on any atom is 0.123 e. The molecule has 2 aliphatic rings. The van der Waals surface area contributed by atoms with Gasteiger partial charge in [0.05, 0.1) is 0 Å². The fourth-order valence-electron chi connectivity index (χ4n) is 1.42. The normalized spacial score (nSPS) is 16.7. The molecule has 0 saturated heterocycles. The molecule has 0 fully saturated rings. The second-order valence-electron chi connectivity index (χ2n) is 2.65. The number of rotatable bonds is 0. The van der Waals surface area contributed by atoms with Crippen molar-refractivity contribution >= 4 is 23.5 Å². The second-order valence-corrected chi connectivity index (χ2v) is 3.71. The first-order valence-corrected chi connectivity index (χ1v) is 4.68. The average Bonchev–Trinajstić information content (AvgIpc) is 2.71. The maximum absolute atomic E-state index is 3.98. The average molecular weight is 175 g/mol. The zero-order valence-corrected chi connectivity index (χ0v) is 7.01. The Bertz CT molecular complexity index is 490. The molecule has 1 aromatic carbocycles. The zero-order valence-electron chi connectivity index (χ0n) is 6.19. The van der Waals surface area contributed by atoms with E-state index in [-0.39, 0.29) is 0 Å². The van der Waals surface area contributed by atoms with Gasteiger partial charge in [-0.25, -0.2) is 0 Å². The van der Waals surface area contributed by atoms with E-state index in [0.717, 1.165) is 16.8 Å². The Balaban J connectivity index is 2.54. The number of benzene rings is 1. The van der Waals surface area contributed by atoms with Crippen molar-refractivity contribution in [2.45, 2.75) is 4.90 Å². The van der Waals surface area contributed by atoms with Gasteiger partial charge in [0.25, 0.3) is 0 Å². The largest absolute Gasteiger partial charge is 0.128 e. The molecule has 0 spiro atoms. The van der Waals surface area contributed by atoms with E-state index in [1.807, 2.05) is 17.8 Å². The summed E-state index contributed by atoms with van der Waals surface area (Å²) in [7, 11) is 0. The summed E-state index contributed by atoms with van der Waals surface area (Å²) in [6.45, 7) is 0. The lowest BCUT2D eigenvalue weighted by atomic mass is 10.2. The van der Waals surface area contributed by atoms with Gasteiger partial charge < -0.3 is 0 Å². The molecular weight excluding hydrogens is 170 g/mol. The Morgan fingerprint density at radius 1 is 1.33 bits per heavy atom. The van der Waals surface area contributed by atoms with Crippen LogP contribution in [0.25, 0.3) is 6.08 Å². The summed E-state index contributed by atoms with van der Waals surface area (Å²) in [5.41, 5.74) is 0.896. The lowest BCUT2D eigenvalue weighted by molar-refractivity contribution is 1.07. The van der Waals surface area contributed by atoms with Gasteiger partial charge in [0.1, 0.15) is 11.0 Å². The lowest BCUT2D eigenvalue weighted by Crippen LogP contribution is -2.23. The van der Waals surface area contributed by atoms with Gasteiger partial charge in [-0.05, 0) is 17.4 Å². The first-order chi connectivity index (χ1) is 5.95. The Morgan fingerprint density at radius 2 is 2.33 bits per heavy atom. The van der Waals surface area contributed by atoms with Crippen LogP contribution in [0, 0.1) is 0 Å². The van der Waals surface area contributed by atoms with Crippen molar-refractivity contribution < 1.29 is 0 Å². The monoisotopic (exact) mass is 175 g/mol. The van der Waals surface area contributed by atoms with Gasteiger partial charge in [-0.2, -0.15) is 0 Å². The number of hydrogen-bond donors (Lipinski definition) is 0. The third kappa shape index (κ3) is 0.701. The van der Waals surface area contributed by atoms with E-state index in [1.165, 1.54) is 10.1 Å². The van der Waals surface area contributed by atoms with Crippen LogP contribution in [-0.2, 0) is 0 Å². The van der Waals surface area contributed by atoms with Crippen LogP contribution in [0.5, 0.6) is 0 Å². The van der Waals surface area contributed by atoms with E-state index in [9.17, 15) is 0 Å². The molecule has 3 rings (SSSR count). The summed E-state index contributed by atoms with van der Waals surface area (Å²) >= 11 is 1.83. The van der Waals surface area contributed by atoms with Crippen molar-refractivity contribution in [3.63, 3.8) is 0 Å². The molecule has 1 aromatic rings. The zero-order chi connectivity index (χ0) is 7.97. The van der Waals surface area contributed by atoms with Crippen molar-refractivity contribution in [2.75, 3.05) is 5.75 Å². The predicted molar refractivity (Wildman–Crippen MR) is 46.9 cm³/mol. The van der Waals surface area contributed by atoms with Crippen molar-refractivity contribution in [3.05, 3.63) is 22.7 Å². The molecule has 0 unspecified atom stereocenters. The second kappa shape index (κ2) is 2.17. The van der Waals surface area contributed by atoms with Gasteiger partial charge in [-0.3, -0.25) is 0 Å². The Hall–Kier alpha value is -1.16. The Kier molecular flexibility index (Phi) is 1.15. The summed E-state index contributed by atoms with van der Waals surface area (Å²) in [6.07, 6.45) is 2.18. The molecule has 58 valence electrons. The fourth-order valence-corrected chi connectivity index (χ4v) is 2.35. The molecule has 0 amide bonds. The minimum Gasteiger partial charge on any atom is -0.128 e. The van der Waals surface area contributed by atoms with Crippen LogP contribution in [0.15, 0.2) is 32.5 Å². The van der Waals surface area contributed by atoms with Gasteiger partial charge in [0.2, 0.25) is 0 Å². The van der Waals surface area contributed by atoms with Crippen LogP contribution in [-0.4, -0.2) is 5.75 Å². The third-order valence-electron chi connectivity index (χ3n) is 1.98. The number of hydrogen-bond acceptors (Lipinski definition) is 4.